The van der Waals surface area contributed by atoms with Crippen LogP contribution in [-0.4, -0.2) is 28.3 Å². The van der Waals surface area contributed by atoms with Gasteiger partial charge in [0.05, 0.1) is 11.3 Å². The molecule has 1 saturated heterocycles. The quantitative estimate of drug-likeness (QED) is 0.764. The Kier molecular flexibility index (Phi) is 5.49. The lowest BCUT2D eigenvalue weighted by Gasteiger charge is -2.25. The van der Waals surface area contributed by atoms with Crippen molar-refractivity contribution in [2.75, 3.05) is 0 Å². The molecule has 0 bridgehead atoms. The molecule has 1 aromatic rings. The molecule has 1 saturated carbocycles. The van der Waals surface area contributed by atoms with Crippen molar-refractivity contribution >= 4 is 23.0 Å². The van der Waals surface area contributed by atoms with Crippen LogP contribution < -0.4 is 5.32 Å². The monoisotopic (exact) mass is 346 g/mol. The van der Waals surface area contributed by atoms with Gasteiger partial charge in [-0.1, -0.05) is 67.3 Å². The van der Waals surface area contributed by atoms with Crippen molar-refractivity contribution in [3.8, 4) is 0 Å². The molecule has 2 aliphatic rings. The third-order valence-corrected chi connectivity index (χ3v) is 6.40. The molecule has 1 aliphatic heterocycles. The van der Waals surface area contributed by atoms with Gasteiger partial charge in [0.25, 0.3) is 5.24 Å². The first-order valence-electron chi connectivity index (χ1n) is 8.93. The molecule has 0 radical (unpaired) electrons. The summed E-state index contributed by atoms with van der Waals surface area (Å²) in [5, 5.41) is 2.97. The van der Waals surface area contributed by atoms with Gasteiger partial charge in [-0.15, -0.1) is 0 Å². The van der Waals surface area contributed by atoms with Gasteiger partial charge in [-0.05, 0) is 32.3 Å². The molecule has 0 spiro atoms. The molecule has 1 N–H and O–H groups in total. The number of rotatable bonds is 2. The molecule has 2 fully saturated rings. The molecular weight excluding hydrogens is 320 g/mol. The summed E-state index contributed by atoms with van der Waals surface area (Å²) in [7, 11) is 0. The zero-order valence-electron chi connectivity index (χ0n) is 14.5. The second kappa shape index (κ2) is 7.60. The summed E-state index contributed by atoms with van der Waals surface area (Å²) in [6.45, 7) is 4.02. The fourth-order valence-corrected chi connectivity index (χ4v) is 4.80. The smallest absolute Gasteiger partial charge is 0.325 e. The molecule has 1 heterocycles. The Morgan fingerprint density at radius 2 is 1.75 bits per heavy atom. The molecule has 130 valence electrons. The van der Waals surface area contributed by atoms with E-state index in [2.05, 4.69) is 29.6 Å². The van der Waals surface area contributed by atoms with Crippen LogP contribution in [0.15, 0.2) is 24.3 Å². The number of carbonyl (C=O) groups excluding carboxylic acids is 2. The van der Waals surface area contributed by atoms with Crippen molar-refractivity contribution in [1.82, 2.24) is 10.2 Å². The van der Waals surface area contributed by atoms with E-state index >= 15 is 0 Å². The Bertz CT molecular complexity index is 594. The molecule has 3 rings (SSSR count). The van der Waals surface area contributed by atoms with Crippen LogP contribution in [0.2, 0.25) is 0 Å². The number of imide groups is 1. The highest BCUT2D eigenvalue weighted by molar-refractivity contribution is 8.14. The van der Waals surface area contributed by atoms with Crippen molar-refractivity contribution in [1.29, 1.82) is 0 Å². The van der Waals surface area contributed by atoms with Crippen LogP contribution >= 0.6 is 11.8 Å². The van der Waals surface area contributed by atoms with E-state index in [9.17, 15) is 9.59 Å². The topological polar surface area (TPSA) is 49.4 Å². The average Bonchev–Trinajstić information content (AvgIpc) is 2.73. The van der Waals surface area contributed by atoms with Crippen molar-refractivity contribution in [2.45, 2.75) is 69.7 Å². The first-order chi connectivity index (χ1) is 11.6. The average molecular weight is 346 g/mol. The SMILES string of the molecule is Cc1ccc(C2SC(=O)N(C(=O)NC3CCCCCC3)C2C)cc1. The number of nitrogens with zero attached hydrogens (tertiary/aromatic N) is 1. The van der Waals surface area contributed by atoms with E-state index in [0.717, 1.165) is 31.2 Å². The lowest BCUT2D eigenvalue weighted by Crippen LogP contribution is -2.47. The van der Waals surface area contributed by atoms with Gasteiger partial charge in [0.2, 0.25) is 0 Å². The third kappa shape index (κ3) is 3.77. The number of aryl methyl sites for hydroxylation is 1. The van der Waals surface area contributed by atoms with Gasteiger partial charge in [-0.3, -0.25) is 9.69 Å². The Hall–Kier alpha value is -1.49. The summed E-state index contributed by atoms with van der Waals surface area (Å²) in [5.41, 5.74) is 2.31. The second-order valence-electron chi connectivity index (χ2n) is 6.96. The zero-order valence-corrected chi connectivity index (χ0v) is 15.3. The maximum absolute atomic E-state index is 12.7. The van der Waals surface area contributed by atoms with Gasteiger partial charge in [0, 0.05) is 6.04 Å². The van der Waals surface area contributed by atoms with Crippen LogP contribution in [-0.2, 0) is 0 Å². The molecule has 2 atom stereocenters. The fourth-order valence-electron chi connectivity index (χ4n) is 3.60. The normalized spacial score (nSPS) is 25.6. The van der Waals surface area contributed by atoms with Crippen molar-refractivity contribution in [3.63, 3.8) is 0 Å². The minimum atomic E-state index is -0.221. The number of carbonyl (C=O) groups is 2. The predicted octanol–water partition coefficient (Wildman–Crippen LogP) is 5.03. The van der Waals surface area contributed by atoms with Gasteiger partial charge in [0.1, 0.15) is 0 Å². The van der Waals surface area contributed by atoms with E-state index < -0.39 is 0 Å². The first-order valence-corrected chi connectivity index (χ1v) is 9.81. The first kappa shape index (κ1) is 17.3. The largest absolute Gasteiger partial charge is 0.335 e. The highest BCUT2D eigenvalue weighted by Gasteiger charge is 2.42. The summed E-state index contributed by atoms with van der Waals surface area (Å²) < 4.78 is 0. The van der Waals surface area contributed by atoms with Crippen molar-refractivity contribution in [2.24, 2.45) is 0 Å². The molecule has 1 aliphatic carbocycles. The fraction of sp³-hybridized carbons (Fsp3) is 0.579. The van der Waals surface area contributed by atoms with E-state index in [0.29, 0.717) is 0 Å². The van der Waals surface area contributed by atoms with Crippen LogP contribution in [0.4, 0.5) is 9.59 Å². The molecule has 5 heteroatoms. The molecule has 0 aromatic heterocycles. The summed E-state index contributed by atoms with van der Waals surface area (Å²) in [5.74, 6) is 0. The standard InChI is InChI=1S/C19H26N2O2S/c1-13-9-11-15(12-10-13)17-14(2)21(19(23)24-17)18(22)20-16-7-5-3-4-6-8-16/h9-12,14,16-17H,3-8H2,1-2H3,(H,20,22). The molecular formula is C19H26N2O2S. The van der Waals surface area contributed by atoms with Gasteiger partial charge in [-0.25, -0.2) is 4.79 Å². The van der Waals surface area contributed by atoms with Crippen molar-refractivity contribution in [3.05, 3.63) is 35.4 Å². The molecule has 3 amide bonds. The van der Waals surface area contributed by atoms with Gasteiger partial charge >= 0.3 is 6.03 Å². The number of urea groups is 1. The van der Waals surface area contributed by atoms with E-state index in [1.165, 1.54) is 35.1 Å². The maximum atomic E-state index is 12.7. The number of nitrogens with one attached hydrogen (secondary N) is 1. The zero-order chi connectivity index (χ0) is 17.1. The van der Waals surface area contributed by atoms with Gasteiger partial charge in [-0.2, -0.15) is 0 Å². The lowest BCUT2D eigenvalue weighted by atomic mass is 10.0. The Morgan fingerprint density at radius 3 is 2.38 bits per heavy atom. The lowest BCUT2D eigenvalue weighted by molar-refractivity contribution is 0.186. The Morgan fingerprint density at radius 1 is 1.12 bits per heavy atom. The van der Waals surface area contributed by atoms with Crippen LogP contribution in [0.3, 0.4) is 0 Å². The molecule has 2 unspecified atom stereocenters. The number of benzene rings is 1. The van der Waals surface area contributed by atoms with Crippen molar-refractivity contribution < 1.29 is 9.59 Å². The predicted molar refractivity (Wildman–Crippen MR) is 98.2 cm³/mol. The summed E-state index contributed by atoms with van der Waals surface area (Å²) in [6.07, 6.45) is 6.87. The van der Waals surface area contributed by atoms with Crippen LogP contribution in [0.1, 0.15) is 61.8 Å². The third-order valence-electron chi connectivity index (χ3n) is 5.08. The van der Waals surface area contributed by atoms with Gasteiger partial charge < -0.3 is 5.32 Å². The number of hydrogen-bond donors (Lipinski definition) is 1. The molecule has 4 nitrogen and oxygen atoms in total. The van der Waals surface area contributed by atoms with Crippen LogP contribution in [0.25, 0.3) is 0 Å². The number of hydrogen-bond acceptors (Lipinski definition) is 3. The maximum Gasteiger partial charge on any atom is 0.325 e. The molecule has 24 heavy (non-hydrogen) atoms. The molecule has 1 aromatic carbocycles. The van der Waals surface area contributed by atoms with E-state index in [4.69, 9.17) is 0 Å². The summed E-state index contributed by atoms with van der Waals surface area (Å²) in [6, 6.07) is 8.09. The minimum Gasteiger partial charge on any atom is -0.335 e. The van der Waals surface area contributed by atoms with Crippen LogP contribution in [0.5, 0.6) is 0 Å². The summed E-state index contributed by atoms with van der Waals surface area (Å²) >= 11 is 1.26. The Balaban J connectivity index is 1.67. The summed E-state index contributed by atoms with van der Waals surface area (Å²) in [4.78, 5) is 26.5. The van der Waals surface area contributed by atoms with Crippen LogP contribution in [0, 0.1) is 6.92 Å². The van der Waals surface area contributed by atoms with E-state index in [1.807, 2.05) is 13.8 Å². The van der Waals surface area contributed by atoms with E-state index in [1.54, 1.807) is 0 Å². The van der Waals surface area contributed by atoms with Gasteiger partial charge in [0.15, 0.2) is 0 Å². The number of thioether (sulfide) groups is 1. The highest BCUT2D eigenvalue weighted by Crippen LogP contribution is 2.43. The Labute approximate surface area is 148 Å². The highest BCUT2D eigenvalue weighted by atomic mass is 32.2. The van der Waals surface area contributed by atoms with E-state index in [-0.39, 0.29) is 28.6 Å². The number of amides is 3. The second-order valence-corrected chi connectivity index (χ2v) is 8.06. The minimum absolute atomic E-state index is 0.0120.